The number of aromatic amines is 2. The summed E-state index contributed by atoms with van der Waals surface area (Å²) in [6, 6.07) is 11.7. The number of benzene rings is 1. The van der Waals surface area contributed by atoms with E-state index in [0.717, 1.165) is 32.4 Å². The number of nitrogens with two attached hydrogens (primary N) is 1. The van der Waals surface area contributed by atoms with E-state index in [1.807, 2.05) is 0 Å². The van der Waals surface area contributed by atoms with Gasteiger partial charge in [0.1, 0.15) is 16.8 Å². The Morgan fingerprint density at radius 3 is 2.78 bits per heavy atom. The van der Waals surface area contributed by atoms with Gasteiger partial charge in [-0.3, -0.25) is 14.9 Å². The lowest BCUT2D eigenvalue weighted by molar-refractivity contribution is 0.0594. The van der Waals surface area contributed by atoms with Crippen LogP contribution in [0.25, 0.3) is 16.6 Å². The van der Waals surface area contributed by atoms with Gasteiger partial charge in [-0.15, -0.1) is 0 Å². The van der Waals surface area contributed by atoms with Crippen molar-refractivity contribution in [1.82, 2.24) is 25.1 Å². The van der Waals surface area contributed by atoms with Gasteiger partial charge in [-0.05, 0) is 53.5 Å². The third kappa shape index (κ3) is 3.72. The molecular formula is C27H27N7O3. The molecule has 188 valence electrons. The highest BCUT2D eigenvalue weighted by Gasteiger charge is 2.46. The van der Waals surface area contributed by atoms with Crippen LogP contribution in [0.4, 0.5) is 5.95 Å². The molecule has 0 unspecified atom stereocenters. The molecule has 1 fully saturated rings. The van der Waals surface area contributed by atoms with Crippen molar-refractivity contribution in [2.24, 2.45) is 11.1 Å². The largest absolute Gasteiger partial charge is 0.464 e. The number of ether oxygens (including phenoxy) is 1. The molecule has 4 heterocycles. The van der Waals surface area contributed by atoms with E-state index >= 15 is 0 Å². The van der Waals surface area contributed by atoms with Crippen LogP contribution in [0.1, 0.15) is 51.8 Å². The number of H-pyrrole nitrogens is 2. The monoisotopic (exact) mass is 497 g/mol. The number of aromatic nitrogens is 5. The molecule has 1 atom stereocenters. The van der Waals surface area contributed by atoms with Gasteiger partial charge in [-0.25, -0.2) is 9.78 Å². The smallest absolute Gasteiger partial charge is 0.356 e. The van der Waals surface area contributed by atoms with E-state index < -0.39 is 5.97 Å². The molecule has 0 saturated carbocycles. The van der Waals surface area contributed by atoms with Crippen LogP contribution in [0.2, 0.25) is 0 Å². The number of methoxy groups -OCH3 is 1. The van der Waals surface area contributed by atoms with Crippen molar-refractivity contribution in [3.63, 3.8) is 0 Å². The first-order valence-corrected chi connectivity index (χ1v) is 12.2. The number of pyridine rings is 1. The lowest BCUT2D eigenvalue weighted by atomic mass is 9.73. The molecule has 0 bridgehead atoms. The maximum absolute atomic E-state index is 13.2. The molecule has 37 heavy (non-hydrogen) atoms. The lowest BCUT2D eigenvalue weighted by Gasteiger charge is -2.42. The van der Waals surface area contributed by atoms with Gasteiger partial charge in [0.25, 0.3) is 5.56 Å². The van der Waals surface area contributed by atoms with Gasteiger partial charge < -0.3 is 15.4 Å². The average Bonchev–Trinajstić information content (AvgIpc) is 3.48. The molecular weight excluding hydrogens is 470 g/mol. The standard InChI is InChI=1S/C27H27N7O3/c1-15(16-7-10-29-19(13-16)25(36)37-2)21-20-23(33-32-21)30-26(31-24(20)35)34-11-8-27(9-12-34)14-17-5-3-4-6-18(17)22(27)28/h3-7,10,13,22H,1,8-9,11-12,14,28H2,2H3,(H2,30,31,32,33,35)/t22-/m1/s1. The summed E-state index contributed by atoms with van der Waals surface area (Å²) in [5.41, 5.74) is 11.0. The van der Waals surface area contributed by atoms with E-state index in [1.165, 1.54) is 24.4 Å². The van der Waals surface area contributed by atoms with Gasteiger partial charge in [0.15, 0.2) is 5.65 Å². The second-order valence-electron chi connectivity index (χ2n) is 9.79. The van der Waals surface area contributed by atoms with Gasteiger partial charge in [-0.2, -0.15) is 10.1 Å². The number of piperidine rings is 1. The predicted octanol–water partition coefficient (Wildman–Crippen LogP) is 2.73. The molecule has 0 radical (unpaired) electrons. The normalized spacial score (nSPS) is 18.2. The molecule has 0 amide bonds. The molecule has 1 aliphatic carbocycles. The number of hydrogen-bond acceptors (Lipinski definition) is 8. The topological polar surface area (TPSA) is 143 Å². The van der Waals surface area contributed by atoms with Gasteiger partial charge in [0, 0.05) is 30.9 Å². The molecule has 4 N–H and O–H groups in total. The Hall–Kier alpha value is -4.31. The lowest BCUT2D eigenvalue weighted by Crippen LogP contribution is -2.45. The number of nitrogens with zero attached hydrogens (tertiary/aromatic N) is 4. The van der Waals surface area contributed by atoms with Gasteiger partial charge in [-0.1, -0.05) is 30.8 Å². The quantitative estimate of drug-likeness (QED) is 0.365. The van der Waals surface area contributed by atoms with E-state index in [4.69, 9.17) is 10.5 Å². The summed E-state index contributed by atoms with van der Waals surface area (Å²) in [4.78, 5) is 38.8. The average molecular weight is 498 g/mol. The van der Waals surface area contributed by atoms with Crippen molar-refractivity contribution >= 4 is 28.5 Å². The van der Waals surface area contributed by atoms with Crippen LogP contribution in [0.15, 0.2) is 54.0 Å². The molecule has 1 aliphatic heterocycles. The first-order chi connectivity index (χ1) is 17.9. The van der Waals surface area contributed by atoms with E-state index in [0.29, 0.717) is 33.8 Å². The molecule has 3 aromatic heterocycles. The summed E-state index contributed by atoms with van der Waals surface area (Å²) < 4.78 is 4.75. The summed E-state index contributed by atoms with van der Waals surface area (Å²) in [5.74, 6) is -0.0504. The zero-order valence-corrected chi connectivity index (χ0v) is 20.5. The molecule has 1 saturated heterocycles. The van der Waals surface area contributed by atoms with Gasteiger partial charge in [0.05, 0.1) is 7.11 Å². The third-order valence-corrected chi connectivity index (χ3v) is 7.86. The SMILES string of the molecule is C=C(c1ccnc(C(=O)OC)c1)c1n[nH]c2nc(N3CCC4(CC3)Cc3ccccc3[C@H]4N)[nH]c(=O)c12. The Balaban J connectivity index is 1.25. The van der Waals surface area contributed by atoms with Gasteiger partial charge >= 0.3 is 5.97 Å². The number of nitrogens with one attached hydrogen (secondary N) is 2. The third-order valence-electron chi connectivity index (χ3n) is 7.86. The Morgan fingerprint density at radius 2 is 2.03 bits per heavy atom. The van der Waals surface area contributed by atoms with Gasteiger partial charge in [0.2, 0.25) is 5.95 Å². The van der Waals surface area contributed by atoms with Crippen LogP contribution in [0.5, 0.6) is 0 Å². The second-order valence-corrected chi connectivity index (χ2v) is 9.79. The number of carbonyl (C=O) groups is 1. The summed E-state index contributed by atoms with van der Waals surface area (Å²) in [7, 11) is 1.29. The fourth-order valence-electron chi connectivity index (χ4n) is 5.74. The zero-order valence-electron chi connectivity index (χ0n) is 20.5. The van der Waals surface area contributed by atoms with Crippen LogP contribution >= 0.6 is 0 Å². The number of anilines is 1. The predicted molar refractivity (Wildman–Crippen MR) is 139 cm³/mol. The Labute approximate surface area is 212 Å². The fraction of sp³-hybridized carbons (Fsp3) is 0.296. The van der Waals surface area contributed by atoms with Crippen LogP contribution < -0.4 is 16.2 Å². The number of esters is 1. The minimum absolute atomic E-state index is 0.0226. The highest BCUT2D eigenvalue weighted by atomic mass is 16.5. The molecule has 1 aromatic carbocycles. The summed E-state index contributed by atoms with van der Waals surface area (Å²) in [6.07, 6.45) is 4.31. The highest BCUT2D eigenvalue weighted by Crippen LogP contribution is 2.50. The summed E-state index contributed by atoms with van der Waals surface area (Å²) in [6.45, 7) is 5.59. The maximum Gasteiger partial charge on any atom is 0.356 e. The molecule has 10 heteroatoms. The zero-order chi connectivity index (χ0) is 25.7. The molecule has 2 aliphatic rings. The van der Waals surface area contributed by atoms with Crippen LogP contribution in [-0.2, 0) is 11.2 Å². The van der Waals surface area contributed by atoms with Crippen molar-refractivity contribution in [3.05, 3.63) is 87.6 Å². The Bertz CT molecular complexity index is 1600. The Morgan fingerprint density at radius 1 is 1.24 bits per heavy atom. The van der Waals surface area contributed by atoms with Crippen molar-refractivity contribution in [1.29, 1.82) is 0 Å². The van der Waals surface area contributed by atoms with E-state index in [2.05, 4.69) is 60.9 Å². The molecule has 6 rings (SSSR count). The van der Waals surface area contributed by atoms with Crippen molar-refractivity contribution in [2.75, 3.05) is 25.1 Å². The second kappa shape index (κ2) is 8.67. The number of hydrogen-bond donors (Lipinski definition) is 3. The van der Waals surface area contributed by atoms with Crippen molar-refractivity contribution in [2.45, 2.75) is 25.3 Å². The molecule has 4 aromatic rings. The Kier molecular flexibility index (Phi) is 5.41. The van der Waals surface area contributed by atoms with Crippen LogP contribution in [-0.4, -0.2) is 51.3 Å². The van der Waals surface area contributed by atoms with E-state index in [9.17, 15) is 9.59 Å². The van der Waals surface area contributed by atoms with Crippen molar-refractivity contribution < 1.29 is 9.53 Å². The van der Waals surface area contributed by atoms with Crippen molar-refractivity contribution in [3.8, 4) is 0 Å². The summed E-state index contributed by atoms with van der Waals surface area (Å²) >= 11 is 0. The minimum atomic E-state index is -0.559. The number of rotatable bonds is 4. The number of fused-ring (bicyclic) bond motifs is 2. The fourth-order valence-corrected chi connectivity index (χ4v) is 5.74. The number of carbonyl (C=O) groups excluding carboxylic acids is 1. The van der Waals surface area contributed by atoms with E-state index in [1.54, 1.807) is 12.1 Å². The molecule has 10 nitrogen and oxygen atoms in total. The van der Waals surface area contributed by atoms with E-state index in [-0.39, 0.29) is 22.7 Å². The maximum atomic E-state index is 13.2. The van der Waals surface area contributed by atoms with Crippen LogP contribution in [0.3, 0.4) is 0 Å². The summed E-state index contributed by atoms with van der Waals surface area (Å²) in [5, 5.41) is 7.52. The first-order valence-electron chi connectivity index (χ1n) is 12.2. The molecule has 1 spiro atoms. The minimum Gasteiger partial charge on any atom is -0.464 e. The highest BCUT2D eigenvalue weighted by molar-refractivity contribution is 5.94. The van der Waals surface area contributed by atoms with Crippen LogP contribution in [0, 0.1) is 5.41 Å². The first kappa shape index (κ1) is 23.1.